The molecule has 1 unspecified atom stereocenters. The first-order valence-electron chi connectivity index (χ1n) is 6.64. The molecular weight excluding hydrogens is 350 g/mol. The molecule has 0 saturated carbocycles. The van der Waals surface area contributed by atoms with Crippen LogP contribution in [0.1, 0.15) is 31.9 Å². The third-order valence-electron chi connectivity index (χ3n) is 3.61. The zero-order chi connectivity index (χ0) is 17.1. The van der Waals surface area contributed by atoms with E-state index in [4.69, 9.17) is 10.5 Å². The van der Waals surface area contributed by atoms with Crippen LogP contribution in [-0.4, -0.2) is 25.4 Å². The Labute approximate surface area is 137 Å². The maximum Gasteiger partial charge on any atom is 0.323 e. The molecule has 6 nitrogen and oxygen atoms in total. The smallest absolute Gasteiger partial charge is 0.323 e. The van der Waals surface area contributed by atoms with Gasteiger partial charge in [0.2, 0.25) is 0 Å². The molecule has 0 saturated heterocycles. The first kappa shape index (κ1) is 18.0. The van der Waals surface area contributed by atoms with Crippen LogP contribution < -0.4 is 11.1 Å². The first-order chi connectivity index (χ1) is 10.2. The van der Waals surface area contributed by atoms with Crippen LogP contribution in [0.25, 0.3) is 0 Å². The van der Waals surface area contributed by atoms with Crippen molar-refractivity contribution in [3.63, 3.8) is 0 Å². The number of nitrogen functional groups attached to an aromatic ring is 1. The Balaban J connectivity index is 3.78. The minimum atomic E-state index is -1.58. The van der Waals surface area contributed by atoms with Crippen LogP contribution in [-0.2, 0) is 19.7 Å². The number of anilines is 2. The van der Waals surface area contributed by atoms with E-state index in [0.717, 1.165) is 0 Å². The lowest BCUT2D eigenvalue weighted by Crippen LogP contribution is -2.42. The maximum atomic E-state index is 12.4. The van der Waals surface area contributed by atoms with Crippen molar-refractivity contribution in [3.8, 4) is 6.07 Å². The van der Waals surface area contributed by atoms with E-state index in [1.165, 1.54) is 19.9 Å². The number of nitrogens with one attached hydrogen (secondary N) is 1. The third-order valence-corrected chi connectivity index (χ3v) is 4.26. The van der Waals surface area contributed by atoms with Crippen LogP contribution in [0.5, 0.6) is 0 Å². The molecule has 0 radical (unpaired) electrons. The lowest BCUT2D eigenvalue weighted by atomic mass is 9.76. The average molecular weight is 368 g/mol. The van der Waals surface area contributed by atoms with Crippen molar-refractivity contribution in [1.29, 1.82) is 5.26 Å². The zero-order valence-corrected chi connectivity index (χ0v) is 14.5. The Morgan fingerprint density at radius 1 is 1.55 bits per heavy atom. The van der Waals surface area contributed by atoms with E-state index in [1.807, 2.05) is 6.07 Å². The molecule has 118 valence electrons. The predicted molar refractivity (Wildman–Crippen MR) is 87.5 cm³/mol. The number of ketones is 1. The van der Waals surface area contributed by atoms with Crippen molar-refractivity contribution in [2.24, 2.45) is 0 Å². The molecule has 0 spiro atoms. The summed E-state index contributed by atoms with van der Waals surface area (Å²) < 4.78 is 5.52. The number of hydrogen-bond donors (Lipinski definition) is 2. The molecule has 0 heterocycles. The number of esters is 1. The molecule has 0 aliphatic heterocycles. The van der Waals surface area contributed by atoms with Crippen molar-refractivity contribution in [2.45, 2.75) is 26.2 Å². The monoisotopic (exact) mass is 367 g/mol. The van der Waals surface area contributed by atoms with Gasteiger partial charge in [0, 0.05) is 11.5 Å². The summed E-state index contributed by atoms with van der Waals surface area (Å²) in [6, 6.07) is 3.54. The number of ether oxygens (including phenoxy) is 1. The molecule has 1 aromatic rings. The van der Waals surface area contributed by atoms with Crippen LogP contribution in [0, 0.1) is 11.3 Å². The number of halogens is 1. The fraction of sp³-hybridized carbons (Fsp3) is 0.400. The number of carbonyl (C=O) groups is 2. The lowest BCUT2D eigenvalue weighted by Gasteiger charge is -2.27. The van der Waals surface area contributed by atoms with Gasteiger partial charge in [0.1, 0.15) is 11.5 Å². The lowest BCUT2D eigenvalue weighted by molar-refractivity contribution is -0.152. The van der Waals surface area contributed by atoms with Crippen molar-refractivity contribution in [1.82, 2.24) is 0 Å². The molecule has 1 rings (SSSR count). The van der Waals surface area contributed by atoms with Crippen LogP contribution in [0.2, 0.25) is 0 Å². The molecule has 1 aromatic carbocycles. The summed E-state index contributed by atoms with van der Waals surface area (Å²) in [6.45, 7) is 4.53. The van der Waals surface area contributed by atoms with Gasteiger partial charge in [-0.1, -0.05) is 0 Å². The van der Waals surface area contributed by atoms with Gasteiger partial charge in [0.15, 0.2) is 5.78 Å². The van der Waals surface area contributed by atoms with Crippen LogP contribution in [0.15, 0.2) is 10.5 Å². The van der Waals surface area contributed by atoms with Gasteiger partial charge < -0.3 is 15.8 Å². The minimum Gasteiger partial charge on any atom is -0.465 e. The second-order valence-electron chi connectivity index (χ2n) is 4.83. The van der Waals surface area contributed by atoms with Crippen LogP contribution in [0.3, 0.4) is 0 Å². The van der Waals surface area contributed by atoms with Gasteiger partial charge in [-0.05, 0) is 48.3 Å². The fourth-order valence-electron chi connectivity index (χ4n) is 2.15. The van der Waals surface area contributed by atoms with Gasteiger partial charge in [-0.15, -0.1) is 0 Å². The molecule has 1 atom stereocenters. The summed E-state index contributed by atoms with van der Waals surface area (Å²) in [5.74, 6) is -1.11. The molecule has 22 heavy (non-hydrogen) atoms. The predicted octanol–water partition coefficient (Wildman–Crippen LogP) is 2.35. The highest BCUT2D eigenvalue weighted by molar-refractivity contribution is 9.10. The van der Waals surface area contributed by atoms with Gasteiger partial charge in [0.05, 0.1) is 23.5 Å². The van der Waals surface area contributed by atoms with Gasteiger partial charge in [-0.3, -0.25) is 9.59 Å². The van der Waals surface area contributed by atoms with Crippen molar-refractivity contribution < 1.29 is 14.3 Å². The first-order valence-corrected chi connectivity index (χ1v) is 7.43. The molecule has 0 fully saturated rings. The largest absolute Gasteiger partial charge is 0.465 e. The number of Topliss-reactive ketones (excluding diaryl/α,β-unsaturated/α-hetero) is 1. The number of nitrogens with two attached hydrogens (primary N) is 1. The normalized spacial score (nSPS) is 12.9. The van der Waals surface area contributed by atoms with Crippen molar-refractivity contribution >= 4 is 39.1 Å². The standard InChI is InChI=1S/C15H18BrN3O3/c1-5-22-14(21)15(3,8(2)20)10-6-11(16)12(18)13(19-4)9(10)7-17/h6,19H,5,18H2,1-4H3. The van der Waals surface area contributed by atoms with Crippen molar-refractivity contribution in [2.75, 3.05) is 24.7 Å². The molecule has 7 heteroatoms. The minimum absolute atomic E-state index is 0.138. The molecule has 0 amide bonds. The van der Waals surface area contributed by atoms with E-state index in [2.05, 4.69) is 21.2 Å². The zero-order valence-electron chi connectivity index (χ0n) is 12.9. The van der Waals surface area contributed by atoms with E-state index < -0.39 is 17.2 Å². The second-order valence-corrected chi connectivity index (χ2v) is 5.69. The van der Waals surface area contributed by atoms with Gasteiger partial charge in [-0.2, -0.15) is 5.26 Å². The number of carbonyl (C=O) groups excluding carboxylic acids is 2. The number of hydrogen-bond acceptors (Lipinski definition) is 6. The van der Waals surface area contributed by atoms with E-state index in [0.29, 0.717) is 15.8 Å². The van der Waals surface area contributed by atoms with Crippen molar-refractivity contribution in [3.05, 3.63) is 21.7 Å². The summed E-state index contributed by atoms with van der Waals surface area (Å²) in [6.07, 6.45) is 0. The molecule has 0 bridgehead atoms. The average Bonchev–Trinajstić information content (AvgIpc) is 2.48. The fourth-order valence-corrected chi connectivity index (χ4v) is 2.58. The third kappa shape index (κ3) is 2.79. The van der Waals surface area contributed by atoms with Gasteiger partial charge >= 0.3 is 5.97 Å². The van der Waals surface area contributed by atoms with Gasteiger partial charge in [-0.25, -0.2) is 0 Å². The molecule has 0 aromatic heterocycles. The quantitative estimate of drug-likeness (QED) is 0.470. The second kappa shape index (κ2) is 6.79. The van der Waals surface area contributed by atoms with Crippen LogP contribution in [0.4, 0.5) is 11.4 Å². The summed E-state index contributed by atoms with van der Waals surface area (Å²) in [5, 5.41) is 12.3. The highest BCUT2D eigenvalue weighted by atomic mass is 79.9. The Morgan fingerprint density at radius 3 is 2.55 bits per heavy atom. The molecule has 0 aliphatic carbocycles. The number of rotatable bonds is 5. The summed E-state index contributed by atoms with van der Waals surface area (Å²) >= 11 is 3.29. The Bertz CT molecular complexity index is 667. The SMILES string of the molecule is CCOC(=O)C(C)(C(C)=O)c1cc(Br)c(N)c(NC)c1C#N. The van der Waals surface area contributed by atoms with E-state index >= 15 is 0 Å². The maximum absolute atomic E-state index is 12.4. The Hall–Kier alpha value is -2.07. The number of nitrogens with zero attached hydrogens (tertiary/aromatic N) is 1. The number of nitriles is 1. The van der Waals surface area contributed by atoms with E-state index in [1.54, 1.807) is 14.0 Å². The highest BCUT2D eigenvalue weighted by Crippen LogP contribution is 2.40. The Kier molecular flexibility index (Phi) is 5.55. The summed E-state index contributed by atoms with van der Waals surface area (Å²) in [5.41, 5.74) is 5.45. The van der Waals surface area contributed by atoms with Crippen LogP contribution >= 0.6 is 15.9 Å². The highest BCUT2D eigenvalue weighted by Gasteiger charge is 2.44. The molecule has 3 N–H and O–H groups in total. The summed E-state index contributed by atoms with van der Waals surface area (Å²) in [7, 11) is 1.61. The Morgan fingerprint density at radius 2 is 2.14 bits per heavy atom. The summed E-state index contributed by atoms with van der Waals surface area (Å²) in [4.78, 5) is 24.5. The van der Waals surface area contributed by atoms with Gasteiger partial charge in [0.25, 0.3) is 0 Å². The molecule has 0 aliphatic rings. The van der Waals surface area contributed by atoms with E-state index in [9.17, 15) is 14.9 Å². The van der Waals surface area contributed by atoms with E-state index in [-0.39, 0.29) is 17.7 Å². The molecular formula is C15H18BrN3O3. The topological polar surface area (TPSA) is 105 Å². The number of benzene rings is 1.